The Kier molecular flexibility index (Phi) is 8.09. The zero-order valence-corrected chi connectivity index (χ0v) is 22.3. The van der Waals surface area contributed by atoms with Gasteiger partial charge in [0.2, 0.25) is 12.5 Å². The van der Waals surface area contributed by atoms with Crippen molar-refractivity contribution in [1.82, 2.24) is 0 Å². The molecule has 0 amide bonds. The predicted molar refractivity (Wildman–Crippen MR) is 128 cm³/mol. The molecule has 1 saturated heterocycles. The van der Waals surface area contributed by atoms with Crippen LogP contribution in [0.4, 0.5) is 0 Å². The van der Waals surface area contributed by atoms with Crippen LogP contribution in [0.3, 0.4) is 0 Å². The summed E-state index contributed by atoms with van der Waals surface area (Å²) in [4.78, 5) is 38.1. The third-order valence-corrected chi connectivity index (χ3v) is 6.75. The minimum absolute atomic E-state index is 0.0268. The fourth-order valence-electron chi connectivity index (χ4n) is 3.53. The van der Waals surface area contributed by atoms with Gasteiger partial charge in [-0.3, -0.25) is 0 Å². The zero-order valence-electron chi connectivity index (χ0n) is 22.3. The van der Waals surface area contributed by atoms with Crippen molar-refractivity contribution in [3.8, 4) is 17.2 Å². The van der Waals surface area contributed by atoms with Gasteiger partial charge in [0.15, 0.2) is 28.8 Å². The Bertz CT molecular complexity index is 1090. The van der Waals surface area contributed by atoms with E-state index in [0.717, 1.165) is 0 Å². The number of ether oxygens (including phenoxy) is 7. The van der Waals surface area contributed by atoms with E-state index in [-0.39, 0.29) is 12.9 Å². The molecular formula is C26H34O11. The second-order valence-electron chi connectivity index (χ2n) is 9.43. The van der Waals surface area contributed by atoms with Gasteiger partial charge in [-0.2, -0.15) is 0 Å². The standard InChI is InChI=1S/C26H34O11/c1-9-13(2)22(27)35-15(4)25(6,30)23(28)36-20(14(3)34-24(29)26(7)16(5)37-26)17-10-18(31-8)21-19(11-17)32-12-33-21/h9-11,14-16,20,30H,12H2,1-8H3/b13-9-/t14-,15+,16-,20+,25+,26-/m1/s1. The van der Waals surface area contributed by atoms with E-state index in [2.05, 4.69) is 0 Å². The van der Waals surface area contributed by atoms with Crippen molar-refractivity contribution in [3.05, 3.63) is 29.3 Å². The lowest BCUT2D eigenvalue weighted by molar-refractivity contribution is -0.194. The number of carbonyl (C=O) groups excluding carboxylic acids is 3. The molecule has 0 radical (unpaired) electrons. The first-order chi connectivity index (χ1) is 17.3. The second-order valence-corrected chi connectivity index (χ2v) is 9.43. The van der Waals surface area contributed by atoms with Gasteiger partial charge >= 0.3 is 17.9 Å². The molecule has 2 aliphatic rings. The smallest absolute Gasteiger partial charge is 0.342 e. The van der Waals surface area contributed by atoms with Crippen LogP contribution >= 0.6 is 0 Å². The topological polar surface area (TPSA) is 139 Å². The van der Waals surface area contributed by atoms with Gasteiger partial charge < -0.3 is 38.3 Å². The summed E-state index contributed by atoms with van der Waals surface area (Å²) in [6.07, 6.45) is -2.26. The predicted octanol–water partition coefficient (Wildman–Crippen LogP) is 2.77. The third-order valence-electron chi connectivity index (χ3n) is 6.75. The highest BCUT2D eigenvalue weighted by molar-refractivity contribution is 5.88. The Balaban J connectivity index is 1.89. The molecule has 3 rings (SSSR count). The van der Waals surface area contributed by atoms with E-state index in [1.807, 2.05) is 0 Å². The monoisotopic (exact) mass is 522 g/mol. The van der Waals surface area contributed by atoms with Crippen LogP contribution in [0.25, 0.3) is 0 Å². The number of epoxide rings is 1. The van der Waals surface area contributed by atoms with Crippen LogP contribution < -0.4 is 14.2 Å². The minimum atomic E-state index is -2.23. The van der Waals surface area contributed by atoms with Gasteiger partial charge in [0.05, 0.1) is 13.2 Å². The molecule has 1 aromatic carbocycles. The highest BCUT2D eigenvalue weighted by Crippen LogP contribution is 2.45. The summed E-state index contributed by atoms with van der Waals surface area (Å²) in [6, 6.07) is 3.13. The highest BCUT2D eigenvalue weighted by atomic mass is 16.7. The molecule has 11 heteroatoms. The van der Waals surface area contributed by atoms with E-state index in [0.29, 0.717) is 28.4 Å². The summed E-state index contributed by atoms with van der Waals surface area (Å²) in [5.41, 5.74) is -2.66. The Morgan fingerprint density at radius 3 is 2.41 bits per heavy atom. The first kappa shape index (κ1) is 28.3. The van der Waals surface area contributed by atoms with Crippen molar-refractivity contribution in [2.75, 3.05) is 13.9 Å². The minimum Gasteiger partial charge on any atom is -0.493 e. The van der Waals surface area contributed by atoms with Gasteiger partial charge in [0.1, 0.15) is 12.2 Å². The van der Waals surface area contributed by atoms with Crippen LogP contribution in [0.2, 0.25) is 0 Å². The average Bonchev–Trinajstić information content (AvgIpc) is 3.24. The average molecular weight is 523 g/mol. The van der Waals surface area contributed by atoms with Crippen LogP contribution in [0.15, 0.2) is 23.8 Å². The van der Waals surface area contributed by atoms with Crippen molar-refractivity contribution in [3.63, 3.8) is 0 Å². The number of hydrogen-bond acceptors (Lipinski definition) is 11. The Morgan fingerprint density at radius 1 is 1.19 bits per heavy atom. The van der Waals surface area contributed by atoms with Crippen molar-refractivity contribution in [2.24, 2.45) is 0 Å². The quantitative estimate of drug-likeness (QED) is 0.210. The van der Waals surface area contributed by atoms with E-state index < -0.39 is 47.4 Å². The van der Waals surface area contributed by atoms with Gasteiger partial charge in [-0.1, -0.05) is 6.08 Å². The molecule has 1 aromatic rings. The number of carbonyl (C=O) groups is 3. The molecule has 6 atom stereocenters. The number of aliphatic hydroxyl groups is 1. The summed E-state index contributed by atoms with van der Waals surface area (Å²) >= 11 is 0. The maximum absolute atomic E-state index is 13.2. The van der Waals surface area contributed by atoms with E-state index in [1.165, 1.54) is 27.9 Å². The van der Waals surface area contributed by atoms with Crippen LogP contribution in [0, 0.1) is 0 Å². The second kappa shape index (κ2) is 10.6. The largest absolute Gasteiger partial charge is 0.493 e. The van der Waals surface area contributed by atoms with E-state index in [1.54, 1.807) is 45.9 Å². The molecule has 0 saturated carbocycles. The molecule has 1 N–H and O–H groups in total. The molecule has 0 unspecified atom stereocenters. The molecule has 204 valence electrons. The maximum atomic E-state index is 13.2. The summed E-state index contributed by atoms with van der Waals surface area (Å²) < 4.78 is 38.2. The maximum Gasteiger partial charge on any atom is 0.342 e. The molecule has 2 heterocycles. The molecule has 0 aliphatic carbocycles. The molecule has 37 heavy (non-hydrogen) atoms. The van der Waals surface area contributed by atoms with E-state index in [9.17, 15) is 19.5 Å². The SMILES string of the molecule is C/C=C(/C)C(=O)O[C@@H](C)[C@](C)(O)C(=O)O[C@H](c1cc(OC)c2c(c1)OCO2)[C@@H](C)OC(=O)[C@]1(C)O[C@@H]1C. The normalized spacial score (nSPS) is 24.2. The van der Waals surface area contributed by atoms with Crippen LogP contribution in [-0.2, 0) is 33.3 Å². The number of hydrogen-bond donors (Lipinski definition) is 1. The van der Waals surface area contributed by atoms with Gasteiger partial charge in [0.25, 0.3) is 0 Å². The van der Waals surface area contributed by atoms with Crippen molar-refractivity contribution in [2.45, 2.75) is 84.1 Å². The first-order valence-electron chi connectivity index (χ1n) is 11.9. The lowest BCUT2D eigenvalue weighted by Gasteiger charge is -2.32. The third kappa shape index (κ3) is 5.67. The van der Waals surface area contributed by atoms with Gasteiger partial charge in [0, 0.05) is 11.1 Å². The molecule has 2 aliphatic heterocycles. The van der Waals surface area contributed by atoms with Crippen LogP contribution in [0.5, 0.6) is 17.2 Å². The van der Waals surface area contributed by atoms with Gasteiger partial charge in [-0.05, 0) is 60.6 Å². The van der Waals surface area contributed by atoms with Crippen molar-refractivity contribution < 1.29 is 52.6 Å². The Labute approximate surface area is 215 Å². The molecule has 0 spiro atoms. The first-order valence-corrected chi connectivity index (χ1v) is 11.9. The number of methoxy groups -OCH3 is 1. The molecular weight excluding hydrogens is 488 g/mol. The summed E-state index contributed by atoms with van der Waals surface area (Å²) in [6.45, 7) is 10.6. The summed E-state index contributed by atoms with van der Waals surface area (Å²) in [5, 5.41) is 11.0. The zero-order chi connectivity index (χ0) is 27.7. The molecule has 11 nitrogen and oxygen atoms in total. The lowest BCUT2D eigenvalue weighted by atomic mass is 9.99. The lowest BCUT2D eigenvalue weighted by Crippen LogP contribution is -2.49. The Morgan fingerprint density at radius 2 is 1.84 bits per heavy atom. The summed E-state index contributed by atoms with van der Waals surface area (Å²) in [5.74, 6) is -1.38. The van der Waals surface area contributed by atoms with Crippen molar-refractivity contribution >= 4 is 17.9 Å². The number of fused-ring (bicyclic) bond motifs is 1. The van der Waals surface area contributed by atoms with Crippen molar-refractivity contribution in [1.29, 1.82) is 0 Å². The molecule has 0 bridgehead atoms. The number of allylic oxidation sites excluding steroid dienone is 1. The molecule has 1 fully saturated rings. The number of esters is 3. The van der Waals surface area contributed by atoms with Crippen LogP contribution in [0.1, 0.15) is 60.1 Å². The fourth-order valence-corrected chi connectivity index (χ4v) is 3.53. The summed E-state index contributed by atoms with van der Waals surface area (Å²) in [7, 11) is 1.44. The number of rotatable bonds is 10. The van der Waals surface area contributed by atoms with Gasteiger partial charge in [-0.25, -0.2) is 14.4 Å². The van der Waals surface area contributed by atoms with E-state index >= 15 is 0 Å². The fraction of sp³-hybridized carbons (Fsp3) is 0.577. The van der Waals surface area contributed by atoms with E-state index in [4.69, 9.17) is 33.2 Å². The highest BCUT2D eigenvalue weighted by Gasteiger charge is 2.58. The molecule has 0 aromatic heterocycles. The Hall–Kier alpha value is -3.31. The number of benzene rings is 1. The van der Waals surface area contributed by atoms with Crippen LogP contribution in [-0.4, -0.2) is 66.4 Å². The van der Waals surface area contributed by atoms with Gasteiger partial charge in [-0.15, -0.1) is 0 Å².